The number of aliphatic hydroxyl groups is 1. The second kappa shape index (κ2) is 17.4. The number of carbonyl (C=O) groups excluding carboxylic acids is 1. The van der Waals surface area contributed by atoms with Crippen LogP contribution in [-0.2, 0) is 24.9 Å². The number of benzene rings is 3. The van der Waals surface area contributed by atoms with E-state index < -0.39 is 8.07 Å². The Balaban J connectivity index is 0.000000306. The van der Waals surface area contributed by atoms with Crippen LogP contribution in [-0.4, -0.2) is 28.9 Å². The molecule has 0 spiro atoms. The summed E-state index contributed by atoms with van der Waals surface area (Å²) >= 11 is 1.85. The summed E-state index contributed by atoms with van der Waals surface area (Å²) in [7, 11) is -1.47. The predicted molar refractivity (Wildman–Crippen MR) is 221 cm³/mol. The molecule has 2 heterocycles. The first-order valence-electron chi connectivity index (χ1n) is 18.4. The van der Waals surface area contributed by atoms with Gasteiger partial charge < -0.3 is 5.11 Å². The molecular formula is C44H59IrN2O2SSi-. The quantitative estimate of drug-likeness (QED) is 0.0656. The third kappa shape index (κ3) is 9.65. The first kappa shape index (κ1) is 42.7. The molecule has 0 aliphatic heterocycles. The van der Waals surface area contributed by atoms with Gasteiger partial charge in [-0.1, -0.05) is 136 Å². The Labute approximate surface area is 326 Å². The van der Waals surface area contributed by atoms with Crippen molar-refractivity contribution < 1.29 is 30.0 Å². The van der Waals surface area contributed by atoms with E-state index >= 15 is 0 Å². The molecule has 277 valence electrons. The SMILES string of the molecule is CC(C)C(C(=O)/C=C(\O)C(C(C)C)C(C)C)C(C)C.Cc1ccc2c(C(C)C)cc(-c3ncnc4c3sc3c([Si](C)(C)C)cccc34)[c-]c2c1.[Ir]. The van der Waals surface area contributed by atoms with Crippen LogP contribution in [0, 0.1) is 48.5 Å². The summed E-state index contributed by atoms with van der Waals surface area (Å²) in [6.07, 6.45) is 3.20. The van der Waals surface area contributed by atoms with Gasteiger partial charge in [-0.05, 0) is 41.7 Å². The van der Waals surface area contributed by atoms with Crippen molar-refractivity contribution in [2.24, 2.45) is 35.5 Å². The number of hydrogen-bond donors (Lipinski definition) is 1. The zero-order valence-corrected chi connectivity index (χ0v) is 37.4. The van der Waals surface area contributed by atoms with Gasteiger partial charge in [0.2, 0.25) is 0 Å². The number of aryl methyl sites for hydroxylation is 1. The number of allylic oxidation sites excluding steroid dienone is 2. The maximum atomic E-state index is 12.3. The van der Waals surface area contributed by atoms with E-state index in [2.05, 4.69) is 144 Å². The summed E-state index contributed by atoms with van der Waals surface area (Å²) in [4.78, 5) is 21.8. The molecule has 1 radical (unpaired) electrons. The molecule has 0 saturated carbocycles. The number of rotatable bonds is 10. The molecule has 0 atom stereocenters. The van der Waals surface area contributed by atoms with E-state index in [1.807, 2.05) is 11.3 Å². The van der Waals surface area contributed by atoms with Crippen molar-refractivity contribution in [2.45, 2.75) is 102 Å². The average Bonchev–Trinajstić information content (AvgIpc) is 3.38. The van der Waals surface area contributed by atoms with E-state index in [0.717, 1.165) is 22.2 Å². The summed E-state index contributed by atoms with van der Waals surface area (Å²) in [5.41, 5.74) is 5.73. The molecular weight excluding hydrogens is 841 g/mol. The van der Waals surface area contributed by atoms with Gasteiger partial charge in [0.15, 0.2) is 5.78 Å². The smallest absolute Gasteiger partial charge is 0.162 e. The van der Waals surface area contributed by atoms with Gasteiger partial charge in [-0.25, -0.2) is 4.98 Å². The second-order valence-electron chi connectivity index (χ2n) is 16.8. The first-order valence-corrected chi connectivity index (χ1v) is 22.7. The van der Waals surface area contributed by atoms with E-state index in [0.29, 0.717) is 29.6 Å². The Morgan fingerprint density at radius 2 is 1.41 bits per heavy atom. The van der Waals surface area contributed by atoms with Crippen molar-refractivity contribution in [2.75, 3.05) is 0 Å². The standard InChI is InChI=1S/C27H27N2SSi.C17H32O2.Ir/c1-16(2)22-14-19(13-18-12-17(3)10-11-20(18)22)24-27-25(29-15-28-24)21-8-7-9-23(26(21)30-27)31(4,5)6;1-10(2)16(11(3)4)14(18)9-15(19)17(12(5)6)13(7)8;/h7-12,14-16H,1-6H3;9-13,16-18H,1-8H3;/q-1;;/b;14-9-;. The molecule has 0 aliphatic carbocycles. The molecule has 0 unspecified atom stereocenters. The summed E-state index contributed by atoms with van der Waals surface area (Å²) < 4.78 is 2.54. The largest absolute Gasteiger partial charge is 0.512 e. The van der Waals surface area contributed by atoms with Crippen LogP contribution in [0.25, 0.3) is 42.3 Å². The predicted octanol–water partition coefficient (Wildman–Crippen LogP) is 12.3. The van der Waals surface area contributed by atoms with Crippen LogP contribution in [0.3, 0.4) is 0 Å². The molecule has 5 aromatic rings. The van der Waals surface area contributed by atoms with E-state index in [4.69, 9.17) is 9.97 Å². The van der Waals surface area contributed by atoms with E-state index in [9.17, 15) is 9.90 Å². The van der Waals surface area contributed by atoms with Crippen molar-refractivity contribution in [3.8, 4) is 11.3 Å². The molecule has 0 bridgehead atoms. The fourth-order valence-corrected chi connectivity index (χ4v) is 11.3. The number of hydrogen-bond acceptors (Lipinski definition) is 5. The first-order chi connectivity index (χ1) is 23.3. The summed E-state index contributed by atoms with van der Waals surface area (Å²) in [6.45, 7) is 30.5. The van der Waals surface area contributed by atoms with Crippen LogP contribution < -0.4 is 5.19 Å². The molecule has 7 heteroatoms. The topological polar surface area (TPSA) is 63.1 Å². The Morgan fingerprint density at radius 1 is 0.804 bits per heavy atom. The van der Waals surface area contributed by atoms with Crippen LogP contribution >= 0.6 is 11.3 Å². The fourth-order valence-electron chi connectivity index (χ4n) is 7.63. The normalized spacial score (nSPS) is 12.7. The Kier molecular flexibility index (Phi) is 14.6. The number of ketones is 1. The Bertz CT molecular complexity index is 1990. The maximum absolute atomic E-state index is 12.3. The number of fused-ring (bicyclic) bond motifs is 4. The van der Waals surface area contributed by atoms with E-state index in [-0.39, 0.29) is 43.5 Å². The van der Waals surface area contributed by atoms with Gasteiger partial charge in [-0.3, -0.25) is 9.78 Å². The van der Waals surface area contributed by atoms with E-state index in [1.165, 1.54) is 42.6 Å². The van der Waals surface area contributed by atoms with Crippen LogP contribution in [0.4, 0.5) is 0 Å². The third-order valence-corrected chi connectivity index (χ3v) is 13.3. The molecule has 0 saturated heterocycles. The molecule has 0 fully saturated rings. The van der Waals surface area contributed by atoms with Crippen molar-refractivity contribution in [3.05, 3.63) is 77.8 Å². The van der Waals surface area contributed by atoms with Gasteiger partial charge in [0, 0.05) is 58.5 Å². The molecule has 1 N–H and O–H groups in total. The summed E-state index contributed by atoms with van der Waals surface area (Å²) in [5, 5.41) is 15.5. The van der Waals surface area contributed by atoms with Gasteiger partial charge in [-0.2, -0.15) is 0 Å². The van der Waals surface area contributed by atoms with Crippen LogP contribution in [0.1, 0.15) is 86.3 Å². The zero-order chi connectivity index (χ0) is 37.2. The van der Waals surface area contributed by atoms with Crippen molar-refractivity contribution in [1.82, 2.24) is 9.97 Å². The van der Waals surface area contributed by atoms with Gasteiger partial charge >= 0.3 is 0 Å². The minimum Gasteiger partial charge on any atom is -0.512 e. The molecule has 51 heavy (non-hydrogen) atoms. The fraction of sp³-hybridized carbons (Fsp3) is 0.477. The summed E-state index contributed by atoms with van der Waals surface area (Å²) in [6, 6.07) is 19.3. The van der Waals surface area contributed by atoms with Crippen LogP contribution in [0.5, 0.6) is 0 Å². The number of thiophene rings is 1. The number of carbonyl (C=O) groups is 1. The van der Waals surface area contributed by atoms with Crippen molar-refractivity contribution in [1.29, 1.82) is 0 Å². The zero-order valence-electron chi connectivity index (χ0n) is 33.2. The van der Waals surface area contributed by atoms with Gasteiger partial charge in [0.1, 0.15) is 6.33 Å². The van der Waals surface area contributed by atoms with Gasteiger partial charge in [0.25, 0.3) is 0 Å². The number of aromatic nitrogens is 2. The maximum Gasteiger partial charge on any atom is 0.162 e. The van der Waals surface area contributed by atoms with Crippen LogP contribution in [0.2, 0.25) is 19.6 Å². The Morgan fingerprint density at radius 3 is 1.96 bits per heavy atom. The molecule has 0 aliphatic rings. The second-order valence-corrected chi connectivity index (χ2v) is 22.8. The minimum absolute atomic E-state index is 0. The molecule has 0 amide bonds. The van der Waals surface area contributed by atoms with E-state index in [1.54, 1.807) is 6.33 Å². The Hall–Kier alpha value is -2.70. The van der Waals surface area contributed by atoms with Crippen molar-refractivity contribution >= 4 is 61.5 Å². The molecule has 3 aromatic carbocycles. The molecule has 5 rings (SSSR count). The number of aliphatic hydroxyl groups excluding tert-OH is 1. The average molecular weight is 900 g/mol. The van der Waals surface area contributed by atoms with Crippen LogP contribution in [0.15, 0.2) is 60.6 Å². The van der Waals surface area contributed by atoms with Gasteiger partial charge in [0.05, 0.1) is 19.3 Å². The third-order valence-electron chi connectivity index (χ3n) is 9.85. The summed E-state index contributed by atoms with van der Waals surface area (Å²) in [5.74, 6) is 2.06. The monoisotopic (exact) mass is 900 g/mol. The van der Waals surface area contributed by atoms with Crippen molar-refractivity contribution in [3.63, 3.8) is 0 Å². The minimum atomic E-state index is -1.47. The number of nitrogens with zero attached hydrogens (tertiary/aromatic N) is 2. The van der Waals surface area contributed by atoms with Gasteiger partial charge in [-0.15, -0.1) is 40.5 Å². The molecule has 2 aromatic heterocycles. The molecule has 4 nitrogen and oxygen atoms in total.